The van der Waals surface area contributed by atoms with E-state index in [0.717, 1.165) is 10.5 Å². The third kappa shape index (κ3) is 9.16. The Bertz CT molecular complexity index is 1900. The van der Waals surface area contributed by atoms with Gasteiger partial charge in [-0.15, -0.1) is 11.8 Å². The lowest BCUT2D eigenvalue weighted by Gasteiger charge is -2.17. The topological polar surface area (TPSA) is 130 Å². The number of hydrogen-bond donors (Lipinski definition) is 3. The molecule has 9 nitrogen and oxygen atoms in total. The third-order valence-corrected chi connectivity index (χ3v) is 8.28. The monoisotopic (exact) mass is 662 g/mol. The maximum atomic E-state index is 13.4. The molecule has 1 unspecified atom stereocenters. The summed E-state index contributed by atoms with van der Waals surface area (Å²) in [6.07, 6.45) is 1.56. The molecular weight excluding hydrogens is 636 g/mol. The van der Waals surface area contributed by atoms with Gasteiger partial charge in [0.25, 0.3) is 17.5 Å². The summed E-state index contributed by atoms with van der Waals surface area (Å²) in [5, 5.41) is 19.3. The van der Waals surface area contributed by atoms with Gasteiger partial charge in [-0.2, -0.15) is 0 Å². The molecule has 5 rings (SSSR count). The lowest BCUT2D eigenvalue weighted by molar-refractivity contribution is -0.384. The molecule has 3 amide bonds. The number of nitrogens with zero attached hydrogens (tertiary/aromatic N) is 1. The molecule has 0 radical (unpaired) electrons. The van der Waals surface area contributed by atoms with Crippen LogP contribution in [-0.2, 0) is 9.59 Å². The zero-order chi connectivity index (χ0) is 33.2. The highest BCUT2D eigenvalue weighted by Crippen LogP contribution is 2.37. The number of nitro groups is 1. The highest BCUT2D eigenvalue weighted by Gasteiger charge is 2.23. The number of nitro benzene ring substituents is 1. The molecule has 1 atom stereocenters. The van der Waals surface area contributed by atoms with E-state index in [1.54, 1.807) is 84.9 Å². The molecule has 5 aromatic carbocycles. The fourth-order valence-electron chi connectivity index (χ4n) is 4.39. The summed E-state index contributed by atoms with van der Waals surface area (Å²) >= 11 is 7.32. The second-order valence-corrected chi connectivity index (χ2v) is 11.7. The minimum atomic E-state index is -0.644. The van der Waals surface area contributed by atoms with Crippen molar-refractivity contribution in [3.8, 4) is 0 Å². The molecule has 3 N–H and O–H groups in total. The molecule has 0 aliphatic rings. The maximum Gasteiger partial charge on any atom is 0.272 e. The molecule has 0 heterocycles. The average Bonchev–Trinajstić information content (AvgIpc) is 3.09. The lowest BCUT2D eigenvalue weighted by Crippen LogP contribution is -2.30. The van der Waals surface area contributed by atoms with E-state index in [4.69, 9.17) is 11.6 Å². The van der Waals surface area contributed by atoms with Crippen LogP contribution in [0.1, 0.15) is 26.7 Å². The van der Waals surface area contributed by atoms with Gasteiger partial charge in [-0.25, -0.2) is 0 Å². The van der Waals surface area contributed by atoms with Crippen LogP contribution in [0.5, 0.6) is 0 Å². The van der Waals surface area contributed by atoms with Crippen LogP contribution in [0.4, 0.5) is 17.1 Å². The number of anilines is 2. The Labute approximate surface area is 279 Å². The second-order valence-electron chi connectivity index (χ2n) is 10.1. The number of thioether (sulfide) groups is 1. The van der Waals surface area contributed by atoms with Gasteiger partial charge in [-0.1, -0.05) is 72.3 Å². The minimum absolute atomic E-state index is 0.0340. The predicted molar refractivity (Wildman–Crippen MR) is 185 cm³/mol. The molecule has 0 aliphatic heterocycles. The first kappa shape index (κ1) is 32.7. The number of benzene rings is 5. The van der Waals surface area contributed by atoms with E-state index in [0.29, 0.717) is 27.5 Å². The summed E-state index contributed by atoms with van der Waals surface area (Å²) in [5.74, 6) is -1.28. The molecule has 11 heteroatoms. The quantitative estimate of drug-likeness (QED) is 0.0567. The van der Waals surface area contributed by atoms with Crippen LogP contribution in [0.3, 0.4) is 0 Å². The van der Waals surface area contributed by atoms with Crippen LogP contribution in [0.2, 0.25) is 5.02 Å². The van der Waals surface area contributed by atoms with Gasteiger partial charge >= 0.3 is 0 Å². The predicted octanol–water partition coefficient (Wildman–Crippen LogP) is 8.13. The van der Waals surface area contributed by atoms with Gasteiger partial charge < -0.3 is 16.0 Å². The molecule has 234 valence electrons. The summed E-state index contributed by atoms with van der Waals surface area (Å²) < 4.78 is 0. The Morgan fingerprint density at radius 2 is 1.30 bits per heavy atom. The highest BCUT2D eigenvalue weighted by molar-refractivity contribution is 8.00. The summed E-state index contributed by atoms with van der Waals surface area (Å²) in [6, 6.07) is 37.2. The number of carbonyl (C=O) groups is 3. The molecule has 0 spiro atoms. The fraction of sp³-hybridized carbons (Fsp3) is 0.0278. The van der Waals surface area contributed by atoms with E-state index in [1.165, 1.54) is 36.0 Å². The number of rotatable bonds is 11. The molecule has 0 saturated carbocycles. The van der Waals surface area contributed by atoms with Crippen molar-refractivity contribution in [3.63, 3.8) is 0 Å². The van der Waals surface area contributed by atoms with Gasteiger partial charge in [0.05, 0.1) is 4.92 Å². The van der Waals surface area contributed by atoms with Crippen LogP contribution >= 0.6 is 23.4 Å². The Kier molecular flexibility index (Phi) is 10.8. The molecule has 47 heavy (non-hydrogen) atoms. The first-order valence-electron chi connectivity index (χ1n) is 14.3. The van der Waals surface area contributed by atoms with Crippen LogP contribution in [0.25, 0.3) is 6.08 Å². The van der Waals surface area contributed by atoms with Crippen molar-refractivity contribution in [2.45, 2.75) is 10.1 Å². The van der Waals surface area contributed by atoms with Gasteiger partial charge in [0.15, 0.2) is 0 Å². The van der Waals surface area contributed by atoms with Crippen molar-refractivity contribution < 1.29 is 19.3 Å². The van der Waals surface area contributed by atoms with Crippen molar-refractivity contribution in [3.05, 3.63) is 171 Å². The number of hydrogen-bond acceptors (Lipinski definition) is 6. The van der Waals surface area contributed by atoms with Crippen LogP contribution in [0, 0.1) is 10.1 Å². The molecule has 0 aromatic heterocycles. The zero-order valence-electron chi connectivity index (χ0n) is 24.6. The minimum Gasteiger partial charge on any atom is -0.325 e. The SMILES string of the molecule is O=C(Nc1ccc(SC(C(=O)Nc2ccc([N+](=O)[O-])cc2)c2ccccc2)cc1)/C(=C/c1ccc(Cl)cc1)NC(=O)c1ccccc1. The van der Waals surface area contributed by atoms with E-state index in [2.05, 4.69) is 16.0 Å². The Hall–Kier alpha value is -5.71. The number of halogens is 1. The van der Waals surface area contributed by atoms with Crippen molar-refractivity contribution in [2.75, 3.05) is 10.6 Å². The van der Waals surface area contributed by atoms with Gasteiger partial charge in [0, 0.05) is 39.0 Å². The summed E-state index contributed by atoms with van der Waals surface area (Å²) in [6.45, 7) is 0. The van der Waals surface area contributed by atoms with Gasteiger partial charge in [0.2, 0.25) is 5.91 Å². The Morgan fingerprint density at radius 3 is 1.91 bits per heavy atom. The fourth-order valence-corrected chi connectivity index (χ4v) is 5.55. The maximum absolute atomic E-state index is 13.4. The first-order valence-corrected chi connectivity index (χ1v) is 15.5. The van der Waals surface area contributed by atoms with Crippen molar-refractivity contribution in [1.82, 2.24) is 5.32 Å². The largest absolute Gasteiger partial charge is 0.325 e. The van der Waals surface area contributed by atoms with Crippen molar-refractivity contribution in [1.29, 1.82) is 0 Å². The third-order valence-electron chi connectivity index (χ3n) is 6.76. The molecule has 0 bridgehead atoms. The van der Waals surface area contributed by atoms with E-state index >= 15 is 0 Å². The second kappa shape index (κ2) is 15.5. The first-order chi connectivity index (χ1) is 22.7. The smallest absolute Gasteiger partial charge is 0.272 e. The van der Waals surface area contributed by atoms with E-state index in [9.17, 15) is 24.5 Å². The van der Waals surface area contributed by atoms with Crippen LogP contribution < -0.4 is 16.0 Å². The summed E-state index contributed by atoms with van der Waals surface area (Å²) in [7, 11) is 0. The Balaban J connectivity index is 1.31. The molecule has 5 aromatic rings. The van der Waals surface area contributed by atoms with Crippen molar-refractivity contribution >= 4 is 64.2 Å². The van der Waals surface area contributed by atoms with Gasteiger partial charge in [0.1, 0.15) is 10.9 Å². The van der Waals surface area contributed by atoms with Gasteiger partial charge in [-0.05, 0) is 77.9 Å². The number of nitrogens with one attached hydrogen (secondary N) is 3. The highest BCUT2D eigenvalue weighted by atomic mass is 35.5. The lowest BCUT2D eigenvalue weighted by atomic mass is 10.1. The van der Waals surface area contributed by atoms with Crippen LogP contribution in [-0.4, -0.2) is 22.6 Å². The van der Waals surface area contributed by atoms with Crippen molar-refractivity contribution in [2.24, 2.45) is 0 Å². The van der Waals surface area contributed by atoms with Gasteiger partial charge in [-0.3, -0.25) is 24.5 Å². The number of amides is 3. The van der Waals surface area contributed by atoms with E-state index in [-0.39, 0.29) is 17.3 Å². The average molecular weight is 663 g/mol. The van der Waals surface area contributed by atoms with E-state index in [1.807, 2.05) is 30.3 Å². The molecule has 0 fully saturated rings. The number of carbonyl (C=O) groups excluding carboxylic acids is 3. The number of non-ortho nitro benzene ring substituents is 1. The standard InChI is InChI=1S/C36H27ClN4O5S/c37-27-13-11-24(12-14-27)23-32(40-34(42)26-9-5-2-6-10-26)35(43)38-29-17-21-31(22-18-29)47-33(25-7-3-1-4-8-25)36(44)39-28-15-19-30(20-16-28)41(45)46/h1-23,33H,(H,38,43)(H,39,44)(H,40,42)/b32-23-. The normalized spacial score (nSPS) is 11.6. The molecular formula is C36H27ClN4O5S. The zero-order valence-corrected chi connectivity index (χ0v) is 26.2. The Morgan fingerprint density at radius 1 is 0.723 bits per heavy atom. The molecule has 0 aliphatic carbocycles. The summed E-state index contributed by atoms with van der Waals surface area (Å²) in [4.78, 5) is 51.0. The molecule has 0 saturated heterocycles. The van der Waals surface area contributed by atoms with E-state index < -0.39 is 22.0 Å². The van der Waals surface area contributed by atoms with Crippen LogP contribution in [0.15, 0.2) is 144 Å². The summed E-state index contributed by atoms with van der Waals surface area (Å²) in [5.41, 5.74) is 2.69.